The summed E-state index contributed by atoms with van der Waals surface area (Å²) in [6.07, 6.45) is 3.81. The van der Waals surface area contributed by atoms with Crippen LogP contribution < -0.4 is 0 Å². The number of carboxylic acid groups (broad SMARTS) is 1. The molecule has 0 bridgehead atoms. The number of aliphatic carboxylic acids is 1. The van der Waals surface area contributed by atoms with Crippen molar-refractivity contribution in [1.82, 2.24) is 9.47 Å². The summed E-state index contributed by atoms with van der Waals surface area (Å²) in [4.78, 5) is 24.9. The zero-order valence-electron chi connectivity index (χ0n) is 10.8. The van der Waals surface area contributed by atoms with Crippen LogP contribution in [-0.2, 0) is 11.3 Å². The average Bonchev–Trinajstić information content (AvgIpc) is 3.11. The van der Waals surface area contributed by atoms with Crippen LogP contribution in [0.15, 0.2) is 16.7 Å². The van der Waals surface area contributed by atoms with Crippen molar-refractivity contribution in [1.29, 1.82) is 0 Å². The first kappa shape index (κ1) is 14.1. The highest BCUT2D eigenvalue weighted by Gasteiger charge is 2.34. The lowest BCUT2D eigenvalue weighted by molar-refractivity contribution is -0.137. The molecule has 0 unspecified atom stereocenters. The number of rotatable bonds is 6. The first-order valence-electron chi connectivity index (χ1n) is 6.41. The van der Waals surface area contributed by atoms with E-state index in [1.54, 1.807) is 11.0 Å². The Bertz CT molecular complexity index is 494. The van der Waals surface area contributed by atoms with E-state index in [0.29, 0.717) is 12.2 Å². The topological polar surface area (TPSA) is 62.5 Å². The summed E-state index contributed by atoms with van der Waals surface area (Å²) in [5, 5.41) is 8.77. The monoisotopic (exact) mass is 328 g/mol. The molecule has 19 heavy (non-hydrogen) atoms. The summed E-state index contributed by atoms with van der Waals surface area (Å²) in [6, 6.07) is 2.01. The smallest absolute Gasteiger partial charge is 0.305 e. The Morgan fingerprint density at radius 1 is 1.53 bits per heavy atom. The van der Waals surface area contributed by atoms with Crippen LogP contribution in [0.25, 0.3) is 0 Å². The van der Waals surface area contributed by atoms with Crippen molar-refractivity contribution in [2.24, 2.45) is 0 Å². The number of carbonyl (C=O) groups excluding carboxylic acids is 1. The lowest BCUT2D eigenvalue weighted by Crippen LogP contribution is -2.36. The van der Waals surface area contributed by atoms with Crippen molar-refractivity contribution < 1.29 is 14.7 Å². The van der Waals surface area contributed by atoms with E-state index in [4.69, 9.17) is 5.11 Å². The fourth-order valence-corrected chi connectivity index (χ4v) is 2.58. The fourth-order valence-electron chi connectivity index (χ4n) is 2.11. The van der Waals surface area contributed by atoms with Crippen LogP contribution in [0.3, 0.4) is 0 Å². The molecular weight excluding hydrogens is 312 g/mol. The molecule has 1 aliphatic rings. The number of aryl methyl sites for hydroxylation is 1. The Balaban J connectivity index is 2.16. The second-order valence-corrected chi connectivity index (χ2v) is 5.62. The molecule has 0 radical (unpaired) electrons. The molecule has 0 aliphatic heterocycles. The number of carboxylic acids is 1. The van der Waals surface area contributed by atoms with Gasteiger partial charge in [0.1, 0.15) is 5.69 Å². The van der Waals surface area contributed by atoms with Gasteiger partial charge < -0.3 is 14.6 Å². The molecule has 1 aromatic rings. The van der Waals surface area contributed by atoms with Crippen molar-refractivity contribution in [2.45, 2.75) is 38.8 Å². The Morgan fingerprint density at radius 3 is 2.74 bits per heavy atom. The van der Waals surface area contributed by atoms with E-state index in [1.807, 2.05) is 17.7 Å². The van der Waals surface area contributed by atoms with Gasteiger partial charge in [-0.15, -0.1) is 0 Å². The average molecular weight is 329 g/mol. The Morgan fingerprint density at radius 2 is 2.21 bits per heavy atom. The number of nitrogens with zero attached hydrogens (tertiary/aromatic N) is 2. The number of halogens is 1. The Hall–Kier alpha value is -1.30. The molecule has 1 aromatic heterocycles. The van der Waals surface area contributed by atoms with E-state index in [-0.39, 0.29) is 24.9 Å². The van der Waals surface area contributed by atoms with Crippen molar-refractivity contribution >= 4 is 27.8 Å². The van der Waals surface area contributed by atoms with Crippen molar-refractivity contribution in [3.63, 3.8) is 0 Å². The maximum atomic E-state index is 12.5. The van der Waals surface area contributed by atoms with Gasteiger partial charge in [-0.3, -0.25) is 9.59 Å². The van der Waals surface area contributed by atoms with Crippen LogP contribution in [0.4, 0.5) is 0 Å². The molecule has 0 spiro atoms. The largest absolute Gasteiger partial charge is 0.481 e. The quantitative estimate of drug-likeness (QED) is 0.871. The predicted octanol–water partition coefficient (Wildman–Crippen LogP) is 2.35. The highest BCUT2D eigenvalue weighted by atomic mass is 79.9. The number of amides is 1. The second-order valence-electron chi connectivity index (χ2n) is 4.70. The lowest BCUT2D eigenvalue weighted by atomic mass is 10.3. The van der Waals surface area contributed by atoms with Gasteiger partial charge in [0.25, 0.3) is 5.91 Å². The molecule has 0 saturated heterocycles. The third-order valence-corrected chi connectivity index (χ3v) is 3.67. The van der Waals surface area contributed by atoms with Gasteiger partial charge in [0.05, 0.1) is 6.42 Å². The number of hydrogen-bond donors (Lipinski definition) is 1. The van der Waals surface area contributed by atoms with Gasteiger partial charge in [0, 0.05) is 29.8 Å². The van der Waals surface area contributed by atoms with Crippen LogP contribution >= 0.6 is 15.9 Å². The highest BCUT2D eigenvalue weighted by Crippen LogP contribution is 2.29. The van der Waals surface area contributed by atoms with Gasteiger partial charge in [-0.05, 0) is 41.8 Å². The van der Waals surface area contributed by atoms with Crippen LogP contribution in [-0.4, -0.2) is 39.0 Å². The van der Waals surface area contributed by atoms with Gasteiger partial charge in [-0.2, -0.15) is 0 Å². The summed E-state index contributed by atoms with van der Waals surface area (Å²) in [5.74, 6) is -0.943. The van der Waals surface area contributed by atoms with E-state index in [1.165, 1.54) is 0 Å². The van der Waals surface area contributed by atoms with Crippen molar-refractivity contribution in [3.05, 3.63) is 22.4 Å². The van der Waals surface area contributed by atoms with Crippen LogP contribution in [0.2, 0.25) is 0 Å². The van der Waals surface area contributed by atoms with Crippen LogP contribution in [0.1, 0.15) is 36.7 Å². The lowest BCUT2D eigenvalue weighted by Gasteiger charge is -2.22. The first-order chi connectivity index (χ1) is 9.02. The number of carbonyl (C=O) groups is 2. The van der Waals surface area contributed by atoms with E-state index >= 15 is 0 Å². The molecule has 1 amide bonds. The van der Waals surface area contributed by atoms with Crippen LogP contribution in [0.5, 0.6) is 0 Å². The summed E-state index contributed by atoms with van der Waals surface area (Å²) >= 11 is 3.37. The molecule has 2 rings (SSSR count). The molecule has 0 atom stereocenters. The van der Waals surface area contributed by atoms with E-state index in [2.05, 4.69) is 15.9 Å². The van der Waals surface area contributed by atoms with Crippen LogP contribution in [0, 0.1) is 0 Å². The summed E-state index contributed by atoms with van der Waals surface area (Å²) in [5.41, 5.74) is 0.617. The molecule has 1 N–H and O–H groups in total. The SMILES string of the molecule is CCn1cc(Br)cc1C(=O)N(CCC(=O)O)C1CC1. The summed E-state index contributed by atoms with van der Waals surface area (Å²) in [7, 11) is 0. The molecule has 1 saturated carbocycles. The normalized spacial score (nSPS) is 14.4. The second kappa shape index (κ2) is 5.77. The maximum absolute atomic E-state index is 12.5. The first-order valence-corrected chi connectivity index (χ1v) is 7.20. The fraction of sp³-hybridized carbons (Fsp3) is 0.538. The van der Waals surface area contributed by atoms with Gasteiger partial charge in [-0.25, -0.2) is 0 Å². The zero-order chi connectivity index (χ0) is 14.0. The van der Waals surface area contributed by atoms with Gasteiger partial charge >= 0.3 is 5.97 Å². The molecule has 104 valence electrons. The van der Waals surface area contributed by atoms with Gasteiger partial charge in [0.15, 0.2) is 0 Å². The van der Waals surface area contributed by atoms with E-state index in [9.17, 15) is 9.59 Å². The van der Waals surface area contributed by atoms with E-state index < -0.39 is 5.97 Å². The molecule has 0 aromatic carbocycles. The molecular formula is C13H17BrN2O3. The predicted molar refractivity (Wildman–Crippen MR) is 74.1 cm³/mol. The summed E-state index contributed by atoms with van der Waals surface area (Å²) < 4.78 is 2.74. The highest BCUT2D eigenvalue weighted by molar-refractivity contribution is 9.10. The third kappa shape index (κ3) is 3.37. The Kier molecular flexibility index (Phi) is 4.29. The molecule has 6 heteroatoms. The van der Waals surface area contributed by atoms with Gasteiger partial charge in [-0.1, -0.05) is 0 Å². The molecule has 1 heterocycles. The minimum Gasteiger partial charge on any atom is -0.481 e. The number of aromatic nitrogens is 1. The third-order valence-electron chi connectivity index (χ3n) is 3.24. The minimum atomic E-state index is -0.870. The van der Waals surface area contributed by atoms with Gasteiger partial charge in [0.2, 0.25) is 0 Å². The number of hydrogen-bond acceptors (Lipinski definition) is 2. The standard InChI is InChI=1S/C13H17BrN2O3/c1-2-15-8-9(14)7-11(15)13(19)16(10-3-4-10)6-5-12(17)18/h7-8,10H,2-6H2,1H3,(H,17,18). The Labute approximate surface area is 120 Å². The van der Waals surface area contributed by atoms with Crippen molar-refractivity contribution in [3.8, 4) is 0 Å². The minimum absolute atomic E-state index is 0.00373. The molecule has 1 fully saturated rings. The maximum Gasteiger partial charge on any atom is 0.305 e. The molecule has 5 nitrogen and oxygen atoms in total. The van der Waals surface area contributed by atoms with Crippen molar-refractivity contribution in [2.75, 3.05) is 6.54 Å². The zero-order valence-corrected chi connectivity index (χ0v) is 12.4. The van der Waals surface area contributed by atoms with E-state index in [0.717, 1.165) is 17.3 Å². The summed E-state index contributed by atoms with van der Waals surface area (Å²) in [6.45, 7) is 2.97. The molecule has 1 aliphatic carbocycles.